The molecule has 1 aliphatic rings. The molecule has 0 saturated carbocycles. The van der Waals surface area contributed by atoms with E-state index in [1.54, 1.807) is 26.0 Å². The van der Waals surface area contributed by atoms with Gasteiger partial charge in [0.1, 0.15) is 5.82 Å². The standard InChI is InChI=1S/C17H26FN3O2S.HI/c1-4-19-16(20-10-9-14-5-7-15(18)8-6-14)21-11-12-24(22,23)17(2,3)13-21;/h5-8H,4,9-13H2,1-3H3,(H,19,20);1H. The van der Waals surface area contributed by atoms with E-state index in [1.807, 2.05) is 11.8 Å². The summed E-state index contributed by atoms with van der Waals surface area (Å²) in [5.74, 6) is 0.637. The van der Waals surface area contributed by atoms with Crippen LogP contribution in [0.2, 0.25) is 0 Å². The maximum Gasteiger partial charge on any atom is 0.194 e. The lowest BCUT2D eigenvalue weighted by atomic mass is 10.1. The summed E-state index contributed by atoms with van der Waals surface area (Å²) in [7, 11) is -3.07. The third-order valence-corrected chi connectivity index (χ3v) is 6.79. The van der Waals surface area contributed by atoms with Crippen LogP contribution in [-0.4, -0.2) is 56.0 Å². The van der Waals surface area contributed by atoms with Crippen LogP contribution in [0.5, 0.6) is 0 Å². The molecule has 0 aliphatic carbocycles. The fourth-order valence-corrected chi connectivity index (χ4v) is 4.06. The van der Waals surface area contributed by atoms with Gasteiger partial charge >= 0.3 is 0 Å². The number of nitrogens with one attached hydrogen (secondary N) is 1. The van der Waals surface area contributed by atoms with Gasteiger partial charge in [0.15, 0.2) is 15.8 Å². The van der Waals surface area contributed by atoms with Crippen molar-refractivity contribution in [3.8, 4) is 0 Å². The zero-order chi connectivity index (χ0) is 17.8. The van der Waals surface area contributed by atoms with E-state index in [0.29, 0.717) is 26.1 Å². The predicted molar refractivity (Wildman–Crippen MR) is 111 cm³/mol. The number of benzene rings is 1. The van der Waals surface area contributed by atoms with Crippen molar-refractivity contribution in [3.63, 3.8) is 0 Å². The van der Waals surface area contributed by atoms with E-state index in [-0.39, 0.29) is 35.5 Å². The fourth-order valence-electron chi connectivity index (χ4n) is 2.69. The minimum absolute atomic E-state index is 0. The van der Waals surface area contributed by atoms with Crippen molar-refractivity contribution in [3.05, 3.63) is 35.6 Å². The first-order valence-electron chi connectivity index (χ1n) is 8.25. The smallest absolute Gasteiger partial charge is 0.194 e. The molecule has 0 bridgehead atoms. The van der Waals surface area contributed by atoms with Crippen LogP contribution in [0, 0.1) is 5.82 Å². The van der Waals surface area contributed by atoms with Gasteiger partial charge in [0, 0.05) is 26.2 Å². The van der Waals surface area contributed by atoms with Crippen molar-refractivity contribution in [2.75, 3.05) is 31.9 Å². The van der Waals surface area contributed by atoms with Crippen molar-refractivity contribution in [1.29, 1.82) is 0 Å². The minimum Gasteiger partial charge on any atom is -0.357 e. The Balaban J connectivity index is 0.00000312. The molecule has 5 nitrogen and oxygen atoms in total. The molecular weight excluding hydrogens is 456 g/mol. The molecule has 0 amide bonds. The molecule has 1 saturated heterocycles. The van der Waals surface area contributed by atoms with Crippen LogP contribution < -0.4 is 5.32 Å². The number of nitrogens with zero attached hydrogens (tertiary/aromatic N) is 2. The summed E-state index contributed by atoms with van der Waals surface area (Å²) in [5, 5.41) is 3.23. The van der Waals surface area contributed by atoms with E-state index in [2.05, 4.69) is 10.3 Å². The average molecular weight is 483 g/mol. The van der Waals surface area contributed by atoms with Crippen LogP contribution in [-0.2, 0) is 16.3 Å². The van der Waals surface area contributed by atoms with Gasteiger partial charge in [0.2, 0.25) is 0 Å². The van der Waals surface area contributed by atoms with Crippen molar-refractivity contribution in [2.45, 2.75) is 31.9 Å². The first-order chi connectivity index (χ1) is 11.2. The highest BCUT2D eigenvalue weighted by molar-refractivity contribution is 14.0. The Morgan fingerprint density at radius 3 is 2.52 bits per heavy atom. The van der Waals surface area contributed by atoms with Gasteiger partial charge < -0.3 is 10.2 Å². The molecule has 0 unspecified atom stereocenters. The number of hydrogen-bond donors (Lipinski definition) is 1. The average Bonchev–Trinajstić information content (AvgIpc) is 2.51. The number of rotatable bonds is 4. The van der Waals surface area contributed by atoms with E-state index in [4.69, 9.17) is 0 Å². The zero-order valence-electron chi connectivity index (χ0n) is 15.0. The van der Waals surface area contributed by atoms with Gasteiger partial charge in [0.05, 0.1) is 10.5 Å². The molecule has 0 atom stereocenters. The van der Waals surface area contributed by atoms with Crippen LogP contribution in [0.15, 0.2) is 29.3 Å². The van der Waals surface area contributed by atoms with E-state index in [9.17, 15) is 12.8 Å². The van der Waals surface area contributed by atoms with Crippen LogP contribution >= 0.6 is 24.0 Å². The van der Waals surface area contributed by atoms with Gasteiger partial charge in [-0.1, -0.05) is 12.1 Å². The van der Waals surface area contributed by atoms with Crippen LogP contribution in [0.4, 0.5) is 4.39 Å². The first kappa shape index (κ1) is 22.1. The van der Waals surface area contributed by atoms with Crippen molar-refractivity contribution < 1.29 is 12.8 Å². The first-order valence-corrected chi connectivity index (χ1v) is 9.90. The summed E-state index contributed by atoms with van der Waals surface area (Å²) in [5.41, 5.74) is 1.03. The molecule has 1 heterocycles. The van der Waals surface area contributed by atoms with Gasteiger partial charge in [-0.05, 0) is 44.9 Å². The van der Waals surface area contributed by atoms with Crippen molar-refractivity contribution >= 4 is 39.8 Å². The van der Waals surface area contributed by atoms with Gasteiger partial charge in [-0.25, -0.2) is 12.8 Å². The van der Waals surface area contributed by atoms with Crippen LogP contribution in [0.25, 0.3) is 0 Å². The maximum absolute atomic E-state index is 12.9. The molecule has 25 heavy (non-hydrogen) atoms. The highest BCUT2D eigenvalue weighted by Crippen LogP contribution is 2.23. The second-order valence-electron chi connectivity index (χ2n) is 6.61. The Morgan fingerprint density at radius 2 is 1.96 bits per heavy atom. The molecule has 1 aromatic rings. The molecule has 0 aromatic heterocycles. The molecule has 1 N–H and O–H groups in total. The SMILES string of the molecule is CCNC(=NCCc1ccc(F)cc1)N1CCS(=O)(=O)C(C)(C)C1.I. The Kier molecular flexibility index (Phi) is 8.11. The lowest BCUT2D eigenvalue weighted by Gasteiger charge is -2.39. The molecule has 142 valence electrons. The topological polar surface area (TPSA) is 61.8 Å². The highest BCUT2D eigenvalue weighted by Gasteiger charge is 2.40. The van der Waals surface area contributed by atoms with E-state index >= 15 is 0 Å². The summed E-state index contributed by atoms with van der Waals surface area (Å²) in [6.45, 7) is 7.68. The third kappa shape index (κ3) is 5.80. The van der Waals surface area contributed by atoms with E-state index < -0.39 is 14.6 Å². The van der Waals surface area contributed by atoms with Crippen molar-refractivity contribution in [1.82, 2.24) is 10.2 Å². The Hall–Kier alpha value is -0.900. The number of guanidine groups is 1. The molecule has 1 fully saturated rings. The summed E-state index contributed by atoms with van der Waals surface area (Å²) < 4.78 is 36.4. The monoisotopic (exact) mass is 483 g/mol. The van der Waals surface area contributed by atoms with Crippen molar-refractivity contribution in [2.24, 2.45) is 4.99 Å². The molecular formula is C17H27FIN3O2S. The summed E-state index contributed by atoms with van der Waals surface area (Å²) >= 11 is 0. The molecule has 1 aliphatic heterocycles. The second-order valence-corrected chi connectivity index (χ2v) is 9.36. The molecule has 0 radical (unpaired) electrons. The minimum atomic E-state index is -3.07. The largest absolute Gasteiger partial charge is 0.357 e. The van der Waals surface area contributed by atoms with Crippen LogP contribution in [0.3, 0.4) is 0 Å². The fraction of sp³-hybridized carbons (Fsp3) is 0.588. The summed E-state index contributed by atoms with van der Waals surface area (Å²) in [6, 6.07) is 6.41. The number of hydrogen-bond acceptors (Lipinski definition) is 3. The Morgan fingerprint density at radius 1 is 1.32 bits per heavy atom. The molecule has 8 heteroatoms. The lowest BCUT2D eigenvalue weighted by molar-refractivity contribution is 0.353. The Bertz CT molecular complexity index is 690. The number of aliphatic imine (C=N–C) groups is 1. The molecule has 1 aromatic carbocycles. The highest BCUT2D eigenvalue weighted by atomic mass is 127. The second kappa shape index (κ2) is 9.16. The van der Waals surface area contributed by atoms with Gasteiger partial charge in [-0.15, -0.1) is 24.0 Å². The zero-order valence-corrected chi connectivity index (χ0v) is 18.1. The van der Waals surface area contributed by atoms with E-state index in [0.717, 1.165) is 18.1 Å². The normalized spacial score (nSPS) is 19.2. The predicted octanol–water partition coefficient (Wildman–Crippen LogP) is 2.46. The van der Waals surface area contributed by atoms with E-state index in [1.165, 1.54) is 12.1 Å². The van der Waals surface area contributed by atoms with Gasteiger partial charge in [0.25, 0.3) is 0 Å². The van der Waals surface area contributed by atoms with Gasteiger partial charge in [-0.2, -0.15) is 0 Å². The lowest BCUT2D eigenvalue weighted by Crippen LogP contribution is -2.57. The Labute approximate surface area is 167 Å². The quantitative estimate of drug-likeness (QED) is 0.406. The van der Waals surface area contributed by atoms with Gasteiger partial charge in [-0.3, -0.25) is 4.99 Å². The number of halogens is 2. The molecule has 0 spiro atoms. The summed E-state index contributed by atoms with van der Waals surface area (Å²) in [6.07, 6.45) is 0.713. The molecule has 2 rings (SSSR count). The maximum atomic E-state index is 12.9. The third-order valence-electron chi connectivity index (χ3n) is 4.25. The summed E-state index contributed by atoms with van der Waals surface area (Å²) in [4.78, 5) is 6.62. The van der Waals surface area contributed by atoms with Crippen LogP contribution in [0.1, 0.15) is 26.3 Å². The number of sulfone groups is 1.